The number of sulfonamides is 1. The first kappa shape index (κ1) is 15.6. The number of halogens is 1. The van der Waals surface area contributed by atoms with Crippen LogP contribution in [0, 0.1) is 11.7 Å². The summed E-state index contributed by atoms with van der Waals surface area (Å²) in [6, 6.07) is 4.78. The molecule has 2 rings (SSSR count). The Balaban J connectivity index is 1.92. The lowest BCUT2D eigenvalue weighted by atomic mass is 10.0. The van der Waals surface area contributed by atoms with Gasteiger partial charge >= 0.3 is 0 Å². The summed E-state index contributed by atoms with van der Waals surface area (Å²) >= 11 is 1.55. The summed E-state index contributed by atoms with van der Waals surface area (Å²) in [5.74, 6) is 0.690. The van der Waals surface area contributed by atoms with E-state index in [2.05, 4.69) is 0 Å². The van der Waals surface area contributed by atoms with Crippen molar-refractivity contribution in [3.05, 3.63) is 24.0 Å². The summed E-state index contributed by atoms with van der Waals surface area (Å²) < 4.78 is 38.0. The molecule has 1 aromatic rings. The van der Waals surface area contributed by atoms with E-state index in [4.69, 9.17) is 5.73 Å². The smallest absolute Gasteiger partial charge is 0.211 e. The minimum absolute atomic E-state index is 0.148. The van der Waals surface area contributed by atoms with E-state index in [1.165, 1.54) is 16.6 Å². The van der Waals surface area contributed by atoms with Gasteiger partial charge in [0.05, 0.1) is 11.9 Å². The minimum atomic E-state index is -3.11. The average Bonchev–Trinajstić information content (AvgIpc) is 2.39. The predicted molar refractivity (Wildman–Crippen MR) is 80.7 cm³/mol. The maximum absolute atomic E-state index is 13.3. The number of anilines is 1. The Hall–Kier alpha value is -0.790. The lowest BCUT2D eigenvalue weighted by molar-refractivity contribution is 0.286. The molecule has 1 unspecified atom stereocenters. The first-order valence-corrected chi connectivity index (χ1v) is 9.32. The number of nitrogen functional groups attached to an aromatic ring is 1. The zero-order valence-corrected chi connectivity index (χ0v) is 13.0. The van der Waals surface area contributed by atoms with E-state index in [0.29, 0.717) is 19.0 Å². The molecule has 1 aliphatic heterocycles. The fraction of sp³-hybridized carbons (Fsp3) is 0.538. The molecule has 20 heavy (non-hydrogen) atoms. The highest BCUT2D eigenvalue weighted by Gasteiger charge is 2.25. The summed E-state index contributed by atoms with van der Waals surface area (Å²) in [4.78, 5) is 0.827. The third-order valence-corrected chi connectivity index (χ3v) is 5.90. The molecule has 1 atom stereocenters. The van der Waals surface area contributed by atoms with Crippen molar-refractivity contribution in [1.29, 1.82) is 0 Å². The van der Waals surface area contributed by atoms with Crippen LogP contribution in [0.5, 0.6) is 0 Å². The van der Waals surface area contributed by atoms with Crippen molar-refractivity contribution in [2.24, 2.45) is 5.92 Å². The van der Waals surface area contributed by atoms with E-state index in [0.717, 1.165) is 23.5 Å². The van der Waals surface area contributed by atoms with Gasteiger partial charge in [0.15, 0.2) is 0 Å². The monoisotopic (exact) mass is 318 g/mol. The first-order valence-electron chi connectivity index (χ1n) is 6.49. The zero-order chi connectivity index (χ0) is 14.8. The molecular weight excluding hydrogens is 299 g/mol. The standard InChI is InChI=1S/C13H19FN2O2S2/c1-20(17,18)16-6-2-3-10(8-16)9-19-11-4-5-13(15)12(14)7-11/h4-5,7,10H,2-3,6,8-9,15H2,1H3. The lowest BCUT2D eigenvalue weighted by Crippen LogP contribution is -2.39. The minimum Gasteiger partial charge on any atom is -0.396 e. The molecule has 1 heterocycles. The third-order valence-electron chi connectivity index (χ3n) is 3.41. The molecule has 1 aromatic carbocycles. The largest absolute Gasteiger partial charge is 0.396 e. The van der Waals surface area contributed by atoms with Crippen LogP contribution in [0.15, 0.2) is 23.1 Å². The molecule has 4 nitrogen and oxygen atoms in total. The number of piperidine rings is 1. The molecule has 0 bridgehead atoms. The molecule has 2 N–H and O–H groups in total. The highest BCUT2D eigenvalue weighted by atomic mass is 32.2. The second kappa shape index (κ2) is 6.32. The second-order valence-corrected chi connectivity index (χ2v) is 8.20. The summed E-state index contributed by atoms with van der Waals surface area (Å²) in [6.45, 7) is 1.17. The van der Waals surface area contributed by atoms with Crippen molar-refractivity contribution in [3.8, 4) is 0 Å². The molecule has 1 fully saturated rings. The van der Waals surface area contributed by atoms with Gasteiger partial charge in [0.2, 0.25) is 10.0 Å². The lowest BCUT2D eigenvalue weighted by Gasteiger charge is -2.30. The molecule has 1 aliphatic rings. The molecule has 0 aliphatic carbocycles. The van der Waals surface area contributed by atoms with Crippen LogP contribution in [0.2, 0.25) is 0 Å². The number of hydrogen-bond donors (Lipinski definition) is 1. The van der Waals surface area contributed by atoms with Gasteiger partial charge in [-0.15, -0.1) is 11.8 Å². The maximum Gasteiger partial charge on any atom is 0.211 e. The van der Waals surface area contributed by atoms with Crippen molar-refractivity contribution in [1.82, 2.24) is 4.31 Å². The van der Waals surface area contributed by atoms with Gasteiger partial charge < -0.3 is 5.73 Å². The normalized spacial score (nSPS) is 21.0. The number of nitrogens with two attached hydrogens (primary N) is 1. The molecule has 0 amide bonds. The molecule has 112 valence electrons. The molecule has 7 heteroatoms. The van der Waals surface area contributed by atoms with Crippen LogP contribution in [-0.2, 0) is 10.0 Å². The van der Waals surface area contributed by atoms with Gasteiger partial charge in [-0.2, -0.15) is 0 Å². The Morgan fingerprint density at radius 3 is 2.90 bits per heavy atom. The summed E-state index contributed by atoms with van der Waals surface area (Å²) in [5, 5.41) is 0. The van der Waals surface area contributed by atoms with Gasteiger partial charge in [-0.3, -0.25) is 0 Å². The van der Waals surface area contributed by atoms with E-state index >= 15 is 0 Å². The van der Waals surface area contributed by atoms with Crippen LogP contribution in [-0.4, -0.2) is 37.8 Å². The van der Waals surface area contributed by atoms with Crippen LogP contribution in [0.3, 0.4) is 0 Å². The Morgan fingerprint density at radius 1 is 1.50 bits per heavy atom. The summed E-state index contributed by atoms with van der Waals surface area (Å²) in [6.07, 6.45) is 3.14. The molecule has 0 saturated carbocycles. The fourth-order valence-electron chi connectivity index (χ4n) is 2.28. The summed E-state index contributed by atoms with van der Waals surface area (Å²) in [7, 11) is -3.11. The average molecular weight is 318 g/mol. The molecule has 1 saturated heterocycles. The third kappa shape index (κ3) is 4.10. The van der Waals surface area contributed by atoms with Crippen molar-refractivity contribution in [2.45, 2.75) is 17.7 Å². The SMILES string of the molecule is CS(=O)(=O)N1CCCC(CSc2ccc(N)c(F)c2)C1. The molecule has 0 radical (unpaired) electrons. The molecule has 0 spiro atoms. The van der Waals surface area contributed by atoms with Crippen LogP contribution in [0.25, 0.3) is 0 Å². The Bertz CT molecular complexity index is 578. The second-order valence-electron chi connectivity index (χ2n) is 5.12. The predicted octanol–water partition coefficient (Wildman–Crippen LogP) is 2.17. The van der Waals surface area contributed by atoms with E-state index < -0.39 is 15.8 Å². The van der Waals surface area contributed by atoms with Crippen LogP contribution < -0.4 is 5.73 Å². The summed E-state index contributed by atoms with van der Waals surface area (Å²) in [5.41, 5.74) is 5.58. The van der Waals surface area contributed by atoms with Gasteiger partial charge in [-0.25, -0.2) is 17.1 Å². The highest BCUT2D eigenvalue weighted by molar-refractivity contribution is 7.99. The van der Waals surface area contributed by atoms with Gasteiger partial charge in [0.25, 0.3) is 0 Å². The number of nitrogens with zero attached hydrogens (tertiary/aromatic N) is 1. The van der Waals surface area contributed by atoms with Crippen molar-refractivity contribution < 1.29 is 12.8 Å². The van der Waals surface area contributed by atoms with Gasteiger partial charge in [0.1, 0.15) is 5.82 Å². The number of rotatable bonds is 4. The van der Waals surface area contributed by atoms with Gasteiger partial charge in [-0.1, -0.05) is 0 Å². The number of hydrogen-bond acceptors (Lipinski definition) is 4. The van der Waals surface area contributed by atoms with Crippen molar-refractivity contribution in [3.63, 3.8) is 0 Å². The number of benzene rings is 1. The number of thioether (sulfide) groups is 1. The Kier molecular flexibility index (Phi) is 4.93. The molecule has 0 aromatic heterocycles. The van der Waals surface area contributed by atoms with E-state index in [1.54, 1.807) is 23.9 Å². The zero-order valence-electron chi connectivity index (χ0n) is 11.4. The van der Waals surface area contributed by atoms with Crippen LogP contribution in [0.1, 0.15) is 12.8 Å². The topological polar surface area (TPSA) is 63.4 Å². The Labute approximate surface area is 123 Å². The van der Waals surface area contributed by atoms with E-state index in [1.807, 2.05) is 0 Å². The highest BCUT2D eigenvalue weighted by Crippen LogP contribution is 2.28. The van der Waals surface area contributed by atoms with Gasteiger partial charge in [0, 0.05) is 23.7 Å². The van der Waals surface area contributed by atoms with Crippen molar-refractivity contribution >= 4 is 27.5 Å². The maximum atomic E-state index is 13.3. The fourth-order valence-corrected chi connectivity index (χ4v) is 4.27. The van der Waals surface area contributed by atoms with E-state index in [-0.39, 0.29) is 5.69 Å². The quantitative estimate of drug-likeness (QED) is 0.683. The van der Waals surface area contributed by atoms with Gasteiger partial charge in [-0.05, 0) is 37.0 Å². The van der Waals surface area contributed by atoms with E-state index in [9.17, 15) is 12.8 Å². The first-order chi connectivity index (χ1) is 9.36. The Morgan fingerprint density at radius 2 is 2.25 bits per heavy atom. The van der Waals surface area contributed by atoms with Crippen LogP contribution in [0.4, 0.5) is 10.1 Å². The molecular formula is C13H19FN2O2S2. The van der Waals surface area contributed by atoms with Crippen LogP contribution >= 0.6 is 11.8 Å². The van der Waals surface area contributed by atoms with Crippen molar-refractivity contribution in [2.75, 3.05) is 30.8 Å².